The molecule has 1 saturated heterocycles. The summed E-state index contributed by atoms with van der Waals surface area (Å²) in [5.74, 6) is -0.630. The van der Waals surface area contributed by atoms with Gasteiger partial charge in [-0.15, -0.1) is 0 Å². The van der Waals surface area contributed by atoms with Gasteiger partial charge in [0.15, 0.2) is 0 Å². The lowest BCUT2D eigenvalue weighted by Gasteiger charge is -2.39. The van der Waals surface area contributed by atoms with Crippen LogP contribution in [0.2, 0.25) is 0 Å². The summed E-state index contributed by atoms with van der Waals surface area (Å²) >= 11 is 0. The standard InChI is InChI=1S/C26H31F3N4O4/c1-37-23-6-5-19(14-30-23)25(36)10-7-21(8-11-25)33-12-9-20(16-33)32-22(34)15-31-24(35)17-3-2-4-18(13-17)26(27,28)29/h2-6,13-14,20-21,36H,7-12,15-16H2,1H3,(H,31,35)(H,32,34)/t20?,21-,25-. The van der Waals surface area contributed by atoms with E-state index in [0.717, 1.165) is 49.6 Å². The number of benzene rings is 1. The van der Waals surface area contributed by atoms with Crippen LogP contribution >= 0.6 is 0 Å². The molecule has 4 rings (SSSR count). The van der Waals surface area contributed by atoms with Gasteiger partial charge in [-0.25, -0.2) is 4.98 Å². The number of nitrogens with one attached hydrogen (secondary N) is 2. The fraction of sp³-hybridized carbons (Fsp3) is 0.500. The first-order valence-corrected chi connectivity index (χ1v) is 12.3. The second-order valence-electron chi connectivity index (χ2n) is 9.66. The molecule has 1 aliphatic carbocycles. The number of hydrogen-bond donors (Lipinski definition) is 3. The van der Waals surface area contributed by atoms with Crippen molar-refractivity contribution < 1.29 is 32.6 Å². The summed E-state index contributed by atoms with van der Waals surface area (Å²) in [5, 5.41) is 16.4. The highest BCUT2D eigenvalue weighted by atomic mass is 19.4. The molecule has 1 atom stereocenters. The van der Waals surface area contributed by atoms with Crippen molar-refractivity contribution in [2.75, 3.05) is 26.7 Å². The molecule has 0 bridgehead atoms. The van der Waals surface area contributed by atoms with Crippen molar-refractivity contribution in [2.24, 2.45) is 0 Å². The van der Waals surface area contributed by atoms with Gasteiger partial charge in [-0.05, 0) is 56.4 Å². The summed E-state index contributed by atoms with van der Waals surface area (Å²) in [6.45, 7) is 1.16. The van der Waals surface area contributed by atoms with E-state index in [1.807, 2.05) is 6.07 Å². The average Bonchev–Trinajstić information content (AvgIpc) is 3.35. The van der Waals surface area contributed by atoms with Gasteiger partial charge < -0.3 is 20.5 Å². The third-order valence-corrected chi connectivity index (χ3v) is 7.23. The van der Waals surface area contributed by atoms with Crippen LogP contribution in [0.3, 0.4) is 0 Å². The number of aliphatic hydroxyl groups is 1. The smallest absolute Gasteiger partial charge is 0.416 e. The minimum absolute atomic E-state index is 0.0791. The predicted octanol–water partition coefficient (Wildman–Crippen LogP) is 2.86. The molecule has 2 aromatic rings. The zero-order valence-corrected chi connectivity index (χ0v) is 20.6. The number of amides is 2. The van der Waals surface area contributed by atoms with Crippen molar-refractivity contribution in [3.63, 3.8) is 0 Å². The number of aromatic nitrogens is 1. The van der Waals surface area contributed by atoms with Crippen LogP contribution in [0.15, 0.2) is 42.6 Å². The Kier molecular flexibility index (Phi) is 8.03. The summed E-state index contributed by atoms with van der Waals surface area (Å²) < 4.78 is 43.7. The third-order valence-electron chi connectivity index (χ3n) is 7.23. The normalized spacial score (nSPS) is 24.5. The number of likely N-dealkylation sites (tertiary alicyclic amines) is 1. The monoisotopic (exact) mass is 520 g/mol. The molecular weight excluding hydrogens is 489 g/mol. The lowest BCUT2D eigenvalue weighted by atomic mass is 9.78. The number of ether oxygens (including phenoxy) is 1. The zero-order valence-electron chi connectivity index (χ0n) is 20.6. The number of pyridine rings is 1. The van der Waals surface area contributed by atoms with Gasteiger partial charge in [0.05, 0.1) is 24.8 Å². The summed E-state index contributed by atoms with van der Waals surface area (Å²) in [5.41, 5.74) is -1.21. The van der Waals surface area contributed by atoms with Crippen LogP contribution in [0.4, 0.5) is 13.2 Å². The topological polar surface area (TPSA) is 104 Å². The second-order valence-corrected chi connectivity index (χ2v) is 9.66. The Morgan fingerprint density at radius 1 is 1.19 bits per heavy atom. The number of halogens is 3. The van der Waals surface area contributed by atoms with Crippen molar-refractivity contribution >= 4 is 11.8 Å². The molecule has 0 radical (unpaired) electrons. The van der Waals surface area contributed by atoms with Gasteiger partial charge in [0, 0.05) is 48.6 Å². The van der Waals surface area contributed by atoms with Crippen molar-refractivity contribution in [3.05, 3.63) is 59.3 Å². The van der Waals surface area contributed by atoms with Crippen LogP contribution < -0.4 is 15.4 Å². The first kappa shape index (κ1) is 26.9. The number of carbonyl (C=O) groups is 2. The molecular formula is C26H31F3N4O4. The van der Waals surface area contributed by atoms with Crippen LogP contribution in [0.5, 0.6) is 5.88 Å². The lowest BCUT2D eigenvalue weighted by molar-refractivity contribution is -0.137. The fourth-order valence-corrected chi connectivity index (χ4v) is 5.13. The first-order valence-electron chi connectivity index (χ1n) is 12.3. The van der Waals surface area contributed by atoms with E-state index in [-0.39, 0.29) is 18.2 Å². The zero-order chi connectivity index (χ0) is 26.6. The van der Waals surface area contributed by atoms with Crippen molar-refractivity contribution in [2.45, 2.75) is 56.0 Å². The SMILES string of the molecule is COc1ccc([C@]2(O)CC[C@H](N3CCC(NC(=O)CNC(=O)c4cccc(C(F)(F)F)c4)C3)CC2)cn1. The summed E-state index contributed by atoms with van der Waals surface area (Å²) in [6, 6.07) is 7.89. The molecule has 11 heteroatoms. The van der Waals surface area contributed by atoms with Crippen LogP contribution in [-0.4, -0.2) is 65.6 Å². The molecule has 2 aliphatic rings. The maximum Gasteiger partial charge on any atom is 0.416 e. The van der Waals surface area contributed by atoms with E-state index in [0.29, 0.717) is 31.3 Å². The molecule has 37 heavy (non-hydrogen) atoms. The molecule has 2 heterocycles. The van der Waals surface area contributed by atoms with E-state index in [1.54, 1.807) is 19.4 Å². The number of nitrogens with zero attached hydrogens (tertiary/aromatic N) is 2. The highest BCUT2D eigenvalue weighted by Crippen LogP contribution is 2.39. The van der Waals surface area contributed by atoms with Crippen LogP contribution in [0, 0.1) is 0 Å². The lowest BCUT2D eigenvalue weighted by Crippen LogP contribution is -2.45. The van der Waals surface area contributed by atoms with Gasteiger partial charge in [-0.1, -0.05) is 6.07 Å². The Morgan fingerprint density at radius 2 is 1.95 bits per heavy atom. The Morgan fingerprint density at radius 3 is 2.59 bits per heavy atom. The number of hydrogen-bond acceptors (Lipinski definition) is 6. The molecule has 8 nitrogen and oxygen atoms in total. The highest BCUT2D eigenvalue weighted by Gasteiger charge is 2.39. The number of alkyl halides is 3. The van der Waals surface area contributed by atoms with Gasteiger partial charge in [-0.2, -0.15) is 13.2 Å². The number of carbonyl (C=O) groups excluding carboxylic acids is 2. The molecule has 3 N–H and O–H groups in total. The molecule has 2 fully saturated rings. The minimum atomic E-state index is -4.55. The predicted molar refractivity (Wildman–Crippen MR) is 129 cm³/mol. The quantitative estimate of drug-likeness (QED) is 0.519. The summed E-state index contributed by atoms with van der Waals surface area (Å²) in [7, 11) is 1.55. The van der Waals surface area contributed by atoms with Crippen molar-refractivity contribution in [3.8, 4) is 5.88 Å². The largest absolute Gasteiger partial charge is 0.481 e. The van der Waals surface area contributed by atoms with Crippen molar-refractivity contribution in [1.29, 1.82) is 0 Å². The first-order chi connectivity index (χ1) is 17.6. The van der Waals surface area contributed by atoms with E-state index in [4.69, 9.17) is 4.74 Å². The average molecular weight is 521 g/mol. The van der Waals surface area contributed by atoms with Gasteiger partial charge in [0.1, 0.15) is 0 Å². The highest BCUT2D eigenvalue weighted by molar-refractivity contribution is 5.96. The minimum Gasteiger partial charge on any atom is -0.481 e. The van der Waals surface area contributed by atoms with E-state index in [9.17, 15) is 27.9 Å². The van der Waals surface area contributed by atoms with Gasteiger partial charge in [0.25, 0.3) is 5.91 Å². The van der Waals surface area contributed by atoms with E-state index in [2.05, 4.69) is 20.5 Å². The molecule has 200 valence electrons. The fourth-order valence-electron chi connectivity index (χ4n) is 5.13. The summed E-state index contributed by atoms with van der Waals surface area (Å²) in [4.78, 5) is 31.1. The molecule has 1 aliphatic heterocycles. The molecule has 2 amide bonds. The van der Waals surface area contributed by atoms with Crippen LogP contribution in [-0.2, 0) is 16.6 Å². The van der Waals surface area contributed by atoms with Gasteiger partial charge in [0.2, 0.25) is 11.8 Å². The Hall–Kier alpha value is -3.18. The molecule has 0 spiro atoms. The molecule has 1 aromatic carbocycles. The Bertz CT molecular complexity index is 1100. The molecule has 1 saturated carbocycles. The molecule has 1 aromatic heterocycles. The van der Waals surface area contributed by atoms with Crippen LogP contribution in [0.1, 0.15) is 53.6 Å². The molecule has 1 unspecified atom stereocenters. The van der Waals surface area contributed by atoms with Crippen molar-refractivity contribution in [1.82, 2.24) is 20.5 Å². The maximum atomic E-state index is 12.9. The van der Waals surface area contributed by atoms with Gasteiger partial charge in [-0.3, -0.25) is 14.5 Å². The number of rotatable bonds is 7. The van der Waals surface area contributed by atoms with E-state index < -0.39 is 29.2 Å². The van der Waals surface area contributed by atoms with Crippen LogP contribution in [0.25, 0.3) is 0 Å². The van der Waals surface area contributed by atoms with E-state index in [1.165, 1.54) is 6.07 Å². The maximum absolute atomic E-state index is 12.9. The summed E-state index contributed by atoms with van der Waals surface area (Å²) in [6.07, 6.45) is 0.725. The third kappa shape index (κ3) is 6.58. The van der Waals surface area contributed by atoms with Gasteiger partial charge >= 0.3 is 6.18 Å². The Labute approximate surface area is 213 Å². The number of methoxy groups -OCH3 is 1. The Balaban J connectivity index is 1.21. The van der Waals surface area contributed by atoms with E-state index >= 15 is 0 Å². The second kappa shape index (κ2) is 11.1.